The number of ether oxygens (including phenoxy) is 1. The molecule has 0 unspecified atom stereocenters. The Balaban J connectivity index is 1.85. The number of rotatable bonds is 4. The van der Waals surface area contributed by atoms with Crippen LogP contribution in [0.5, 0.6) is 0 Å². The van der Waals surface area contributed by atoms with Crippen LogP contribution in [0.15, 0.2) is 36.4 Å². The van der Waals surface area contributed by atoms with E-state index >= 15 is 0 Å². The van der Waals surface area contributed by atoms with Gasteiger partial charge in [0.1, 0.15) is 0 Å². The number of benzene rings is 2. The lowest BCUT2D eigenvalue weighted by Crippen LogP contribution is -2.16. The molecule has 0 fully saturated rings. The zero-order chi connectivity index (χ0) is 18.8. The second kappa shape index (κ2) is 7.04. The van der Waals surface area contributed by atoms with Crippen molar-refractivity contribution in [1.82, 2.24) is 4.98 Å². The Labute approximate surface area is 152 Å². The van der Waals surface area contributed by atoms with Crippen LogP contribution in [0.2, 0.25) is 0 Å². The van der Waals surface area contributed by atoms with E-state index in [1.807, 2.05) is 51.1 Å². The van der Waals surface area contributed by atoms with E-state index in [1.54, 1.807) is 6.07 Å². The number of aryl methyl sites for hydroxylation is 2. The quantitative estimate of drug-likeness (QED) is 0.697. The monoisotopic (exact) mass is 350 g/mol. The molecule has 5 nitrogen and oxygen atoms in total. The van der Waals surface area contributed by atoms with Crippen molar-refractivity contribution in [1.29, 1.82) is 0 Å². The molecular formula is C21H22N2O3. The zero-order valence-corrected chi connectivity index (χ0v) is 15.4. The predicted molar refractivity (Wildman–Crippen MR) is 103 cm³/mol. The minimum atomic E-state index is -0.408. The number of anilines is 1. The summed E-state index contributed by atoms with van der Waals surface area (Å²) in [7, 11) is 1.35. The summed E-state index contributed by atoms with van der Waals surface area (Å²) >= 11 is 0. The SMILES string of the molecule is COC(=O)c1cc(NC(=O)Cc2c(C)[nH]c3ccccc23)cc(C)c1C. The van der Waals surface area contributed by atoms with Gasteiger partial charge in [-0.3, -0.25) is 4.79 Å². The van der Waals surface area contributed by atoms with Crippen LogP contribution >= 0.6 is 0 Å². The van der Waals surface area contributed by atoms with E-state index in [1.165, 1.54) is 7.11 Å². The predicted octanol–water partition coefficient (Wildman–Crippen LogP) is 4.06. The number of carbonyl (C=O) groups is 2. The number of para-hydroxylation sites is 1. The molecule has 26 heavy (non-hydrogen) atoms. The number of aromatic nitrogens is 1. The number of fused-ring (bicyclic) bond motifs is 1. The highest BCUT2D eigenvalue weighted by Crippen LogP contribution is 2.24. The molecule has 0 spiro atoms. The first-order valence-electron chi connectivity index (χ1n) is 8.46. The molecule has 1 aromatic heterocycles. The third-order valence-electron chi connectivity index (χ3n) is 4.72. The first-order valence-corrected chi connectivity index (χ1v) is 8.46. The summed E-state index contributed by atoms with van der Waals surface area (Å²) in [5.41, 5.74) is 5.81. The molecule has 2 N–H and O–H groups in total. The standard InChI is InChI=1S/C21H22N2O3/c1-12-9-15(10-17(13(12)2)21(25)26-4)23-20(24)11-18-14(3)22-19-8-6-5-7-16(18)19/h5-10,22H,11H2,1-4H3,(H,23,24). The maximum absolute atomic E-state index is 12.6. The molecule has 0 saturated carbocycles. The third kappa shape index (κ3) is 3.33. The van der Waals surface area contributed by atoms with Crippen molar-refractivity contribution in [3.63, 3.8) is 0 Å². The van der Waals surface area contributed by atoms with Gasteiger partial charge in [-0.25, -0.2) is 4.79 Å². The highest BCUT2D eigenvalue weighted by atomic mass is 16.5. The van der Waals surface area contributed by atoms with Gasteiger partial charge in [-0.05, 0) is 55.7 Å². The van der Waals surface area contributed by atoms with Gasteiger partial charge >= 0.3 is 5.97 Å². The van der Waals surface area contributed by atoms with Crippen LogP contribution in [0.4, 0.5) is 5.69 Å². The van der Waals surface area contributed by atoms with E-state index < -0.39 is 5.97 Å². The first kappa shape index (κ1) is 17.7. The van der Waals surface area contributed by atoms with E-state index in [-0.39, 0.29) is 12.3 Å². The molecular weight excluding hydrogens is 328 g/mol. The summed E-state index contributed by atoms with van der Waals surface area (Å²) in [6, 6.07) is 11.5. The number of hydrogen-bond acceptors (Lipinski definition) is 3. The Morgan fingerprint density at radius 2 is 1.85 bits per heavy atom. The fraction of sp³-hybridized carbons (Fsp3) is 0.238. The lowest BCUT2D eigenvalue weighted by Gasteiger charge is -2.12. The van der Waals surface area contributed by atoms with Crippen LogP contribution in [0, 0.1) is 20.8 Å². The van der Waals surface area contributed by atoms with E-state index in [4.69, 9.17) is 4.74 Å². The summed E-state index contributed by atoms with van der Waals surface area (Å²) in [5, 5.41) is 3.95. The van der Waals surface area contributed by atoms with E-state index in [9.17, 15) is 9.59 Å². The van der Waals surface area contributed by atoms with Gasteiger partial charge < -0.3 is 15.0 Å². The molecule has 0 bridgehead atoms. The molecule has 0 aliphatic rings. The van der Waals surface area contributed by atoms with Crippen molar-refractivity contribution >= 4 is 28.5 Å². The van der Waals surface area contributed by atoms with Gasteiger partial charge in [0.05, 0.1) is 19.1 Å². The number of amides is 1. The Morgan fingerprint density at radius 3 is 2.58 bits per heavy atom. The normalized spacial score (nSPS) is 10.8. The number of esters is 1. The molecule has 3 aromatic rings. The molecule has 0 radical (unpaired) electrons. The van der Waals surface area contributed by atoms with Crippen LogP contribution in [0.1, 0.15) is 32.7 Å². The van der Waals surface area contributed by atoms with Crippen LogP contribution < -0.4 is 5.32 Å². The fourth-order valence-corrected chi connectivity index (χ4v) is 3.18. The van der Waals surface area contributed by atoms with Crippen LogP contribution in [-0.4, -0.2) is 24.0 Å². The van der Waals surface area contributed by atoms with Gasteiger partial charge in [0.15, 0.2) is 0 Å². The maximum atomic E-state index is 12.6. The van der Waals surface area contributed by atoms with Crippen molar-refractivity contribution in [3.8, 4) is 0 Å². The molecule has 5 heteroatoms. The fourth-order valence-electron chi connectivity index (χ4n) is 3.18. The summed E-state index contributed by atoms with van der Waals surface area (Å²) in [6.07, 6.45) is 0.260. The van der Waals surface area contributed by atoms with E-state index in [0.717, 1.165) is 33.3 Å². The Kier molecular flexibility index (Phi) is 4.80. The van der Waals surface area contributed by atoms with Crippen LogP contribution in [0.25, 0.3) is 10.9 Å². The maximum Gasteiger partial charge on any atom is 0.338 e. The van der Waals surface area contributed by atoms with E-state index in [0.29, 0.717) is 11.3 Å². The van der Waals surface area contributed by atoms with Crippen molar-refractivity contribution in [2.45, 2.75) is 27.2 Å². The summed E-state index contributed by atoms with van der Waals surface area (Å²) < 4.78 is 4.83. The number of nitrogens with one attached hydrogen (secondary N) is 2. The highest BCUT2D eigenvalue weighted by Gasteiger charge is 2.16. The third-order valence-corrected chi connectivity index (χ3v) is 4.72. The van der Waals surface area contributed by atoms with Crippen molar-refractivity contribution in [2.75, 3.05) is 12.4 Å². The Bertz CT molecular complexity index is 1000. The molecule has 0 atom stereocenters. The Morgan fingerprint density at radius 1 is 1.12 bits per heavy atom. The van der Waals surface area contributed by atoms with Gasteiger partial charge in [-0.2, -0.15) is 0 Å². The van der Waals surface area contributed by atoms with Crippen LogP contribution in [-0.2, 0) is 16.0 Å². The topological polar surface area (TPSA) is 71.2 Å². The minimum absolute atomic E-state index is 0.128. The smallest absolute Gasteiger partial charge is 0.338 e. The van der Waals surface area contributed by atoms with Crippen molar-refractivity contribution in [3.05, 3.63) is 64.3 Å². The first-order chi connectivity index (χ1) is 12.4. The molecule has 2 aromatic carbocycles. The van der Waals surface area contributed by atoms with Gasteiger partial charge in [-0.1, -0.05) is 18.2 Å². The molecule has 134 valence electrons. The van der Waals surface area contributed by atoms with Gasteiger partial charge in [0.25, 0.3) is 0 Å². The van der Waals surface area contributed by atoms with Gasteiger partial charge in [0, 0.05) is 22.3 Å². The second-order valence-corrected chi connectivity index (χ2v) is 6.46. The van der Waals surface area contributed by atoms with E-state index in [2.05, 4.69) is 10.3 Å². The molecule has 0 aliphatic carbocycles. The summed E-state index contributed by atoms with van der Waals surface area (Å²) in [4.78, 5) is 27.8. The summed E-state index contributed by atoms with van der Waals surface area (Å²) in [6.45, 7) is 5.73. The summed E-state index contributed by atoms with van der Waals surface area (Å²) in [5.74, 6) is -0.536. The van der Waals surface area contributed by atoms with Gasteiger partial charge in [-0.15, -0.1) is 0 Å². The van der Waals surface area contributed by atoms with Crippen molar-refractivity contribution in [2.24, 2.45) is 0 Å². The number of methoxy groups -OCH3 is 1. The average molecular weight is 350 g/mol. The minimum Gasteiger partial charge on any atom is -0.465 e. The number of H-pyrrole nitrogens is 1. The zero-order valence-electron chi connectivity index (χ0n) is 15.4. The molecule has 0 saturated heterocycles. The largest absolute Gasteiger partial charge is 0.465 e. The Hall–Kier alpha value is -3.08. The molecule has 1 amide bonds. The number of carbonyl (C=O) groups excluding carboxylic acids is 2. The number of hydrogen-bond donors (Lipinski definition) is 2. The molecule has 0 aliphatic heterocycles. The lowest BCUT2D eigenvalue weighted by atomic mass is 10.0. The van der Waals surface area contributed by atoms with Crippen molar-refractivity contribution < 1.29 is 14.3 Å². The van der Waals surface area contributed by atoms with Crippen LogP contribution in [0.3, 0.4) is 0 Å². The lowest BCUT2D eigenvalue weighted by molar-refractivity contribution is -0.115. The average Bonchev–Trinajstić information content (AvgIpc) is 2.93. The van der Waals surface area contributed by atoms with Gasteiger partial charge in [0.2, 0.25) is 5.91 Å². The molecule has 3 rings (SSSR count). The molecule has 1 heterocycles. The second-order valence-electron chi connectivity index (χ2n) is 6.46. The highest BCUT2D eigenvalue weighted by molar-refractivity contribution is 5.98. The number of aromatic amines is 1.